The lowest BCUT2D eigenvalue weighted by atomic mass is 9.83. The molecule has 0 aliphatic heterocycles. The van der Waals surface area contributed by atoms with Crippen LogP contribution in [0.1, 0.15) is 19.4 Å². The smallest absolute Gasteiger partial charge is 0.234 e. The average molecular weight is 362 g/mol. The highest BCUT2D eigenvalue weighted by Gasteiger charge is 2.29. The zero-order valence-corrected chi connectivity index (χ0v) is 15.3. The maximum Gasteiger partial charge on any atom is 0.234 e. The van der Waals surface area contributed by atoms with Crippen LogP contribution in [0.3, 0.4) is 0 Å². The fourth-order valence-electron chi connectivity index (χ4n) is 2.80. The third-order valence-corrected chi connectivity index (χ3v) is 5.22. The lowest BCUT2D eigenvalue weighted by Crippen LogP contribution is -2.34. The third kappa shape index (κ3) is 2.99. The quantitative estimate of drug-likeness (QED) is 0.557. The number of anilines is 1. The summed E-state index contributed by atoms with van der Waals surface area (Å²) < 4.78 is 0. The number of carbonyl (C=O) groups excluding carboxylic acids is 1. The fraction of sp³-hybridized carbons (Fsp3) is 0.150. The van der Waals surface area contributed by atoms with Gasteiger partial charge >= 0.3 is 0 Å². The van der Waals surface area contributed by atoms with E-state index in [-0.39, 0.29) is 5.91 Å². The number of aromatic nitrogens is 3. The van der Waals surface area contributed by atoms with Crippen molar-refractivity contribution in [2.75, 3.05) is 5.32 Å². The molecular weight excluding hydrogens is 344 g/mol. The van der Waals surface area contributed by atoms with Gasteiger partial charge < -0.3 is 10.3 Å². The minimum absolute atomic E-state index is 0.0530. The Hall–Kier alpha value is -2.99. The van der Waals surface area contributed by atoms with Crippen molar-refractivity contribution in [1.82, 2.24) is 15.0 Å². The second-order valence-corrected chi connectivity index (χ2v) is 7.49. The second kappa shape index (κ2) is 6.38. The van der Waals surface area contributed by atoms with Crippen LogP contribution in [0.2, 0.25) is 0 Å². The molecule has 2 aromatic heterocycles. The maximum atomic E-state index is 12.8. The fourth-order valence-corrected chi connectivity index (χ4v) is 3.38. The van der Waals surface area contributed by atoms with Crippen molar-refractivity contribution in [3.05, 3.63) is 65.7 Å². The molecular formula is C20H18N4OS. The molecule has 2 heterocycles. The van der Waals surface area contributed by atoms with E-state index in [0.29, 0.717) is 0 Å². The molecule has 2 N–H and O–H groups in total. The van der Waals surface area contributed by atoms with Gasteiger partial charge in [0, 0.05) is 17.3 Å². The van der Waals surface area contributed by atoms with E-state index >= 15 is 0 Å². The summed E-state index contributed by atoms with van der Waals surface area (Å²) in [4.78, 5) is 24.9. The van der Waals surface area contributed by atoms with E-state index in [2.05, 4.69) is 20.3 Å². The summed E-state index contributed by atoms with van der Waals surface area (Å²) in [5, 5.41) is 5.78. The summed E-state index contributed by atoms with van der Waals surface area (Å²) in [6, 6.07) is 15.4. The number of amides is 1. The number of hydrogen-bond donors (Lipinski definition) is 2. The van der Waals surface area contributed by atoms with Crippen molar-refractivity contribution in [3.63, 3.8) is 0 Å². The van der Waals surface area contributed by atoms with Crippen molar-refractivity contribution < 1.29 is 4.79 Å². The first-order chi connectivity index (χ1) is 12.5. The van der Waals surface area contributed by atoms with E-state index < -0.39 is 5.41 Å². The van der Waals surface area contributed by atoms with Gasteiger partial charge in [-0.3, -0.25) is 4.79 Å². The van der Waals surface area contributed by atoms with E-state index in [1.54, 1.807) is 6.20 Å². The third-order valence-electron chi connectivity index (χ3n) is 4.44. The molecule has 4 rings (SSSR count). The first kappa shape index (κ1) is 16.5. The molecule has 130 valence electrons. The Morgan fingerprint density at radius 3 is 2.69 bits per heavy atom. The molecule has 1 amide bonds. The normalized spacial score (nSPS) is 11.6. The molecule has 26 heavy (non-hydrogen) atoms. The van der Waals surface area contributed by atoms with Crippen LogP contribution < -0.4 is 5.32 Å². The molecule has 0 spiro atoms. The van der Waals surface area contributed by atoms with Gasteiger partial charge in [-0.1, -0.05) is 30.3 Å². The SMILES string of the molecule is CC(C)(C(=O)Nc1ccc2nc(-c3nccs3)[nH]c2c1)c1ccccc1. The van der Waals surface area contributed by atoms with E-state index in [1.807, 2.05) is 67.8 Å². The zero-order valence-electron chi connectivity index (χ0n) is 14.5. The Bertz CT molecular complexity index is 1050. The summed E-state index contributed by atoms with van der Waals surface area (Å²) in [7, 11) is 0. The number of benzene rings is 2. The van der Waals surface area contributed by atoms with Crippen LogP contribution in [-0.4, -0.2) is 20.9 Å². The molecule has 2 aromatic carbocycles. The summed E-state index contributed by atoms with van der Waals surface area (Å²) in [5.41, 5.74) is 2.80. The standard InChI is InChI=1S/C20H18N4OS/c1-20(2,13-6-4-3-5-7-13)19(25)22-14-8-9-15-16(12-14)24-17(23-15)18-21-10-11-26-18/h3-12H,1-2H3,(H,22,25)(H,23,24). The Balaban J connectivity index is 1.60. The first-order valence-electron chi connectivity index (χ1n) is 8.31. The molecule has 6 heteroatoms. The number of carbonyl (C=O) groups is 1. The van der Waals surface area contributed by atoms with Gasteiger partial charge in [0.1, 0.15) is 0 Å². The van der Waals surface area contributed by atoms with Crippen molar-refractivity contribution in [1.29, 1.82) is 0 Å². The lowest BCUT2D eigenvalue weighted by molar-refractivity contribution is -0.120. The molecule has 0 bridgehead atoms. The molecule has 0 atom stereocenters. The minimum atomic E-state index is -0.629. The van der Waals surface area contributed by atoms with E-state index in [9.17, 15) is 4.79 Å². The van der Waals surface area contributed by atoms with Crippen LogP contribution in [0.4, 0.5) is 5.69 Å². The van der Waals surface area contributed by atoms with Crippen LogP contribution in [0.5, 0.6) is 0 Å². The highest BCUT2D eigenvalue weighted by atomic mass is 32.1. The molecule has 0 saturated carbocycles. The van der Waals surface area contributed by atoms with Gasteiger partial charge in [0.05, 0.1) is 16.4 Å². The topological polar surface area (TPSA) is 70.7 Å². The summed E-state index contributed by atoms with van der Waals surface area (Å²) in [6.45, 7) is 3.85. The first-order valence-corrected chi connectivity index (χ1v) is 9.18. The number of aromatic amines is 1. The van der Waals surface area contributed by atoms with Gasteiger partial charge in [-0.25, -0.2) is 9.97 Å². The van der Waals surface area contributed by atoms with Crippen LogP contribution in [-0.2, 0) is 10.2 Å². The lowest BCUT2D eigenvalue weighted by Gasteiger charge is -2.24. The van der Waals surface area contributed by atoms with Crippen molar-refractivity contribution in [2.24, 2.45) is 0 Å². The molecule has 0 unspecified atom stereocenters. The molecule has 4 aromatic rings. The minimum Gasteiger partial charge on any atom is -0.336 e. The summed E-state index contributed by atoms with van der Waals surface area (Å²) in [5.74, 6) is 0.686. The highest BCUT2D eigenvalue weighted by molar-refractivity contribution is 7.13. The van der Waals surface area contributed by atoms with Crippen LogP contribution in [0.25, 0.3) is 21.9 Å². The number of nitrogens with zero attached hydrogens (tertiary/aromatic N) is 2. The van der Waals surface area contributed by atoms with Crippen molar-refractivity contribution in [2.45, 2.75) is 19.3 Å². The van der Waals surface area contributed by atoms with Gasteiger partial charge in [0.2, 0.25) is 5.91 Å². The van der Waals surface area contributed by atoms with Gasteiger partial charge in [-0.2, -0.15) is 0 Å². The Morgan fingerprint density at radius 1 is 1.15 bits per heavy atom. The van der Waals surface area contributed by atoms with Gasteiger partial charge in [0.25, 0.3) is 0 Å². The Morgan fingerprint density at radius 2 is 1.96 bits per heavy atom. The van der Waals surface area contributed by atoms with Crippen LogP contribution in [0.15, 0.2) is 60.1 Å². The predicted molar refractivity (Wildman–Crippen MR) is 105 cm³/mol. The number of nitrogens with one attached hydrogen (secondary N) is 2. The largest absolute Gasteiger partial charge is 0.336 e. The second-order valence-electron chi connectivity index (χ2n) is 6.60. The number of hydrogen-bond acceptors (Lipinski definition) is 4. The van der Waals surface area contributed by atoms with Crippen LogP contribution >= 0.6 is 11.3 Å². The number of H-pyrrole nitrogens is 1. The Labute approximate surface area is 155 Å². The van der Waals surface area contributed by atoms with Crippen molar-refractivity contribution in [3.8, 4) is 10.8 Å². The number of imidazole rings is 1. The number of thiazole rings is 1. The monoisotopic (exact) mass is 362 g/mol. The van der Waals surface area contributed by atoms with E-state index in [0.717, 1.165) is 33.1 Å². The molecule has 0 aliphatic rings. The average Bonchev–Trinajstić information content (AvgIpc) is 3.31. The Kier molecular flexibility index (Phi) is 4.05. The van der Waals surface area contributed by atoms with E-state index in [1.165, 1.54) is 11.3 Å². The predicted octanol–water partition coefficient (Wildman–Crippen LogP) is 4.60. The summed E-state index contributed by atoms with van der Waals surface area (Å²) >= 11 is 1.53. The molecule has 0 fully saturated rings. The molecule has 0 aliphatic carbocycles. The molecule has 5 nitrogen and oxygen atoms in total. The maximum absolute atomic E-state index is 12.8. The van der Waals surface area contributed by atoms with Gasteiger partial charge in [-0.15, -0.1) is 11.3 Å². The number of rotatable bonds is 4. The molecule has 0 radical (unpaired) electrons. The van der Waals surface area contributed by atoms with Gasteiger partial charge in [0.15, 0.2) is 10.8 Å². The summed E-state index contributed by atoms with van der Waals surface area (Å²) in [6.07, 6.45) is 1.75. The number of fused-ring (bicyclic) bond motifs is 1. The van der Waals surface area contributed by atoms with Gasteiger partial charge in [-0.05, 0) is 37.6 Å². The van der Waals surface area contributed by atoms with Crippen molar-refractivity contribution >= 4 is 34.0 Å². The van der Waals surface area contributed by atoms with E-state index in [4.69, 9.17) is 0 Å². The van der Waals surface area contributed by atoms with Crippen LogP contribution in [0, 0.1) is 0 Å². The molecule has 0 saturated heterocycles. The zero-order chi connectivity index (χ0) is 18.1. The highest BCUT2D eigenvalue weighted by Crippen LogP contribution is 2.27.